The van der Waals surface area contributed by atoms with Crippen LogP contribution in [-0.4, -0.2) is 44.9 Å². The molecule has 1 aliphatic heterocycles. The number of benzene rings is 1. The second-order valence-electron chi connectivity index (χ2n) is 7.40. The van der Waals surface area contributed by atoms with Gasteiger partial charge in [-0.15, -0.1) is 0 Å². The number of nitrogens with zero attached hydrogens (tertiary/aromatic N) is 1. The van der Waals surface area contributed by atoms with Gasteiger partial charge in [-0.05, 0) is 49.4 Å². The average molecular weight is 421 g/mol. The average Bonchev–Trinajstić information content (AvgIpc) is 2.65. The van der Waals surface area contributed by atoms with Crippen molar-refractivity contribution in [3.63, 3.8) is 0 Å². The number of amides is 1. The van der Waals surface area contributed by atoms with Crippen molar-refractivity contribution in [2.75, 3.05) is 19.6 Å². The Morgan fingerprint density at radius 1 is 1.36 bits per heavy atom. The molecule has 1 aromatic rings. The normalized spacial score (nSPS) is 19.7. The first-order valence-electron chi connectivity index (χ1n) is 9.14. The van der Waals surface area contributed by atoms with Gasteiger partial charge in [0, 0.05) is 13.1 Å². The van der Waals surface area contributed by atoms with Gasteiger partial charge < -0.3 is 10.6 Å². The summed E-state index contributed by atoms with van der Waals surface area (Å²) in [5.74, 6) is -0.611. The van der Waals surface area contributed by atoms with Crippen LogP contribution in [0.4, 0.5) is 13.2 Å². The van der Waals surface area contributed by atoms with Gasteiger partial charge in [0.05, 0.1) is 10.5 Å². The molecule has 0 aromatic heterocycles. The number of rotatable bonds is 6. The quantitative estimate of drug-likeness (QED) is 0.737. The number of halogens is 3. The Bertz CT molecular complexity index is 797. The predicted molar refractivity (Wildman–Crippen MR) is 98.7 cm³/mol. The molecule has 0 saturated carbocycles. The highest BCUT2D eigenvalue weighted by Gasteiger charge is 2.35. The van der Waals surface area contributed by atoms with Crippen molar-refractivity contribution in [1.29, 1.82) is 0 Å². The maximum atomic E-state index is 12.9. The zero-order valence-corrected chi connectivity index (χ0v) is 16.7. The summed E-state index contributed by atoms with van der Waals surface area (Å²) in [6.07, 6.45) is -2.98. The number of piperidine rings is 1. The molecule has 0 bridgehead atoms. The zero-order chi connectivity index (χ0) is 21.1. The van der Waals surface area contributed by atoms with Crippen LogP contribution in [0.15, 0.2) is 29.2 Å². The van der Waals surface area contributed by atoms with E-state index in [1.54, 1.807) is 18.7 Å². The van der Waals surface area contributed by atoms with Gasteiger partial charge >= 0.3 is 6.18 Å². The third-order valence-corrected chi connectivity index (χ3v) is 6.29. The van der Waals surface area contributed by atoms with Crippen molar-refractivity contribution in [1.82, 2.24) is 9.62 Å². The predicted octanol–water partition coefficient (Wildman–Crippen LogP) is 2.21. The van der Waals surface area contributed by atoms with Crippen molar-refractivity contribution < 1.29 is 26.4 Å². The van der Waals surface area contributed by atoms with Gasteiger partial charge in [0.1, 0.15) is 6.04 Å². The third-order valence-electron chi connectivity index (χ3n) is 4.85. The summed E-state index contributed by atoms with van der Waals surface area (Å²) in [6.45, 7) is 4.75. The monoisotopic (exact) mass is 421 g/mol. The summed E-state index contributed by atoms with van der Waals surface area (Å²) in [6, 6.07) is 2.39. The van der Waals surface area contributed by atoms with Crippen molar-refractivity contribution in [3.05, 3.63) is 29.8 Å². The number of nitrogens with two attached hydrogens (primary N) is 1. The van der Waals surface area contributed by atoms with Crippen LogP contribution in [0.1, 0.15) is 32.3 Å². The molecule has 1 amide bonds. The van der Waals surface area contributed by atoms with Gasteiger partial charge in [0.15, 0.2) is 0 Å². The Labute approximate surface area is 163 Å². The highest BCUT2D eigenvalue weighted by atomic mass is 32.2. The van der Waals surface area contributed by atoms with Crippen LogP contribution < -0.4 is 10.5 Å². The highest BCUT2D eigenvalue weighted by molar-refractivity contribution is 7.89. The van der Waals surface area contributed by atoms with Gasteiger partial charge in [-0.25, -0.2) is 8.42 Å². The molecule has 1 saturated heterocycles. The number of carbonyl (C=O) groups is 1. The molecule has 1 aromatic carbocycles. The number of hydrogen-bond acceptors (Lipinski definition) is 4. The van der Waals surface area contributed by atoms with E-state index in [2.05, 4.69) is 4.72 Å². The van der Waals surface area contributed by atoms with E-state index in [0.29, 0.717) is 25.7 Å². The van der Waals surface area contributed by atoms with Gasteiger partial charge in [-0.3, -0.25) is 4.79 Å². The number of carbonyl (C=O) groups excluding carboxylic acids is 1. The maximum Gasteiger partial charge on any atom is 0.416 e. The zero-order valence-electron chi connectivity index (χ0n) is 15.9. The minimum atomic E-state index is -4.66. The first-order valence-corrected chi connectivity index (χ1v) is 10.6. The number of hydrogen-bond donors (Lipinski definition) is 2. The van der Waals surface area contributed by atoms with Crippen LogP contribution in [0, 0.1) is 11.8 Å². The van der Waals surface area contributed by atoms with Crippen LogP contribution in [0.3, 0.4) is 0 Å². The van der Waals surface area contributed by atoms with Crippen LogP contribution in [0.5, 0.6) is 0 Å². The Hall–Kier alpha value is -1.65. The minimum absolute atomic E-state index is 0.158. The largest absolute Gasteiger partial charge is 0.416 e. The Kier molecular flexibility index (Phi) is 7.11. The standard InChI is InChI=1S/C18H26F3N3O3S/c1-12(2)16(17(25)24-8-4-5-13(10-22)11-24)23-28(26,27)15-7-3-6-14(9-15)18(19,20)21/h3,6-7,9,12-13,16,23H,4-5,8,10-11,22H2,1-2H3. The van der Waals surface area contributed by atoms with Crippen molar-refractivity contribution in [2.24, 2.45) is 17.6 Å². The summed E-state index contributed by atoms with van der Waals surface area (Å²) in [7, 11) is -4.31. The third kappa shape index (κ3) is 5.45. The van der Waals surface area contributed by atoms with E-state index in [9.17, 15) is 26.4 Å². The molecule has 1 fully saturated rings. The molecule has 2 unspecified atom stereocenters. The lowest BCUT2D eigenvalue weighted by Crippen LogP contribution is -2.53. The van der Waals surface area contributed by atoms with E-state index >= 15 is 0 Å². The molecule has 28 heavy (non-hydrogen) atoms. The number of nitrogens with one attached hydrogen (secondary N) is 1. The van der Waals surface area contributed by atoms with Gasteiger partial charge in [0.25, 0.3) is 0 Å². The smallest absolute Gasteiger partial charge is 0.341 e. The van der Waals surface area contributed by atoms with E-state index in [0.717, 1.165) is 31.0 Å². The lowest BCUT2D eigenvalue weighted by atomic mass is 9.96. The molecule has 0 radical (unpaired) electrons. The summed E-state index contributed by atoms with van der Waals surface area (Å²) >= 11 is 0. The van der Waals surface area contributed by atoms with Crippen LogP contribution in [-0.2, 0) is 21.0 Å². The van der Waals surface area contributed by atoms with Crippen molar-refractivity contribution >= 4 is 15.9 Å². The molecule has 6 nitrogen and oxygen atoms in total. The molecular weight excluding hydrogens is 395 g/mol. The first kappa shape index (κ1) is 22.6. The van der Waals surface area contributed by atoms with E-state index < -0.39 is 32.7 Å². The fourth-order valence-electron chi connectivity index (χ4n) is 3.20. The molecule has 0 aliphatic carbocycles. The molecule has 3 N–H and O–H groups in total. The van der Waals surface area contributed by atoms with Crippen molar-refractivity contribution in [3.8, 4) is 0 Å². The van der Waals surface area contributed by atoms with Crippen molar-refractivity contribution in [2.45, 2.75) is 43.8 Å². The molecule has 0 spiro atoms. The van der Waals surface area contributed by atoms with E-state index in [1.165, 1.54) is 0 Å². The van der Waals surface area contributed by atoms with Gasteiger partial charge in [-0.2, -0.15) is 17.9 Å². The van der Waals surface area contributed by atoms with Crippen LogP contribution in [0.2, 0.25) is 0 Å². The summed E-state index contributed by atoms with van der Waals surface area (Å²) in [5, 5.41) is 0. The lowest BCUT2D eigenvalue weighted by molar-refractivity contribution is -0.138. The molecule has 2 rings (SSSR count). The van der Waals surface area contributed by atoms with Gasteiger partial charge in [0.2, 0.25) is 15.9 Å². The lowest BCUT2D eigenvalue weighted by Gasteiger charge is -2.35. The molecule has 1 aliphatic rings. The van der Waals surface area contributed by atoms with Gasteiger partial charge in [-0.1, -0.05) is 19.9 Å². The second-order valence-corrected chi connectivity index (χ2v) is 9.11. The first-order chi connectivity index (χ1) is 13.0. The number of sulfonamides is 1. The number of alkyl halides is 3. The Morgan fingerprint density at radius 3 is 2.61 bits per heavy atom. The summed E-state index contributed by atoms with van der Waals surface area (Å²) in [4.78, 5) is 14.0. The Morgan fingerprint density at radius 2 is 2.04 bits per heavy atom. The fourth-order valence-corrected chi connectivity index (χ4v) is 4.58. The van der Waals surface area contributed by atoms with Crippen LogP contribution >= 0.6 is 0 Å². The second kappa shape index (κ2) is 8.79. The van der Waals surface area contributed by atoms with E-state index in [-0.39, 0.29) is 17.7 Å². The van der Waals surface area contributed by atoms with E-state index in [4.69, 9.17) is 5.73 Å². The minimum Gasteiger partial charge on any atom is -0.341 e. The number of likely N-dealkylation sites (tertiary alicyclic amines) is 1. The van der Waals surface area contributed by atoms with E-state index in [1.807, 2.05) is 0 Å². The SMILES string of the molecule is CC(C)C(NS(=O)(=O)c1cccc(C(F)(F)F)c1)C(=O)N1CCCC(CN)C1. The molecule has 10 heteroatoms. The summed E-state index contributed by atoms with van der Waals surface area (Å²) < 4.78 is 66.3. The maximum absolute atomic E-state index is 12.9. The fraction of sp³-hybridized carbons (Fsp3) is 0.611. The topological polar surface area (TPSA) is 92.5 Å². The highest BCUT2D eigenvalue weighted by Crippen LogP contribution is 2.30. The van der Waals surface area contributed by atoms with Crippen LogP contribution in [0.25, 0.3) is 0 Å². The summed E-state index contributed by atoms with van der Waals surface area (Å²) in [5.41, 5.74) is 4.62. The molecular formula is C18H26F3N3O3S. The molecule has 1 heterocycles. The Balaban J connectivity index is 2.24. The molecule has 2 atom stereocenters. The molecule has 158 valence electrons.